The Morgan fingerprint density at radius 1 is 1.26 bits per heavy atom. The summed E-state index contributed by atoms with van der Waals surface area (Å²) in [5.41, 5.74) is 1.62. The van der Waals surface area contributed by atoms with Gasteiger partial charge in [-0.25, -0.2) is 17.7 Å². The Morgan fingerprint density at radius 2 is 1.97 bits per heavy atom. The van der Waals surface area contributed by atoms with E-state index in [-0.39, 0.29) is 16.1 Å². The van der Waals surface area contributed by atoms with Crippen molar-refractivity contribution in [2.75, 3.05) is 26.4 Å². The summed E-state index contributed by atoms with van der Waals surface area (Å²) in [6, 6.07) is 14.1. The number of rotatable bonds is 7. The lowest BCUT2D eigenvalue weighted by Crippen LogP contribution is -2.33. The lowest BCUT2D eigenvalue weighted by atomic mass is 10.2. The summed E-state index contributed by atoms with van der Waals surface area (Å²) in [6.07, 6.45) is 0. The lowest BCUT2D eigenvalue weighted by molar-refractivity contribution is -0.124. The molecule has 1 heterocycles. The molecule has 1 unspecified atom stereocenters. The molecule has 31 heavy (non-hydrogen) atoms. The Kier molecular flexibility index (Phi) is 8.09. The number of benzene rings is 2. The molecule has 0 N–H and O–H groups in total. The first-order chi connectivity index (χ1) is 14.7. The first kappa shape index (κ1) is 24.1. The van der Waals surface area contributed by atoms with Crippen molar-refractivity contribution < 1.29 is 13.2 Å². The van der Waals surface area contributed by atoms with E-state index >= 15 is 0 Å². The second kappa shape index (κ2) is 10.4. The molecule has 1 saturated heterocycles. The highest BCUT2D eigenvalue weighted by molar-refractivity contribution is 8.14. The molecule has 1 fully saturated rings. The van der Waals surface area contributed by atoms with Gasteiger partial charge in [-0.3, -0.25) is 9.69 Å². The van der Waals surface area contributed by atoms with Crippen LogP contribution in [0.1, 0.15) is 12.5 Å². The minimum Gasteiger partial charge on any atom is -0.289 e. The van der Waals surface area contributed by atoms with Crippen LogP contribution in [0.15, 0.2) is 58.4 Å². The van der Waals surface area contributed by atoms with Gasteiger partial charge in [0.05, 0.1) is 16.3 Å². The molecule has 0 saturated carbocycles. The number of carbonyl (C=O) groups is 1. The summed E-state index contributed by atoms with van der Waals surface area (Å²) >= 11 is 8.97. The number of amides is 1. The maximum absolute atomic E-state index is 12.8. The largest absolute Gasteiger partial charge is 0.289 e. The van der Waals surface area contributed by atoms with Crippen LogP contribution in [-0.2, 0) is 20.6 Å². The van der Waals surface area contributed by atoms with E-state index in [0.29, 0.717) is 28.2 Å². The zero-order chi connectivity index (χ0) is 22.6. The average Bonchev–Trinajstić information content (AvgIpc) is 3.09. The molecule has 1 amide bonds. The van der Waals surface area contributed by atoms with Crippen molar-refractivity contribution in [3.05, 3.63) is 59.1 Å². The van der Waals surface area contributed by atoms with Crippen molar-refractivity contribution in [3.63, 3.8) is 0 Å². The van der Waals surface area contributed by atoms with E-state index in [1.54, 1.807) is 34.9 Å². The number of aliphatic imine (C=N–C) groups is 1. The summed E-state index contributed by atoms with van der Waals surface area (Å²) in [5.74, 6) is 1.05. The van der Waals surface area contributed by atoms with Gasteiger partial charge < -0.3 is 0 Å². The second-order valence-electron chi connectivity index (χ2n) is 7.23. The number of hydrogen-bond acceptors (Lipinski definition) is 6. The van der Waals surface area contributed by atoms with E-state index < -0.39 is 10.0 Å². The van der Waals surface area contributed by atoms with E-state index in [2.05, 4.69) is 4.99 Å². The molecule has 3 rings (SSSR count). The third-order valence-electron chi connectivity index (χ3n) is 4.51. The van der Waals surface area contributed by atoms with Crippen LogP contribution in [0.2, 0.25) is 5.02 Å². The molecule has 1 aliphatic rings. The monoisotopic (exact) mass is 497 g/mol. The van der Waals surface area contributed by atoms with Gasteiger partial charge in [0.2, 0.25) is 15.9 Å². The Bertz CT molecular complexity index is 1070. The average molecular weight is 498 g/mol. The summed E-state index contributed by atoms with van der Waals surface area (Å²) in [7, 11) is -0.568. The molecule has 0 spiro atoms. The summed E-state index contributed by atoms with van der Waals surface area (Å²) < 4.78 is 26.0. The number of nitrogens with zero attached hydrogens (tertiary/aromatic N) is 3. The van der Waals surface area contributed by atoms with E-state index in [0.717, 1.165) is 11.3 Å². The van der Waals surface area contributed by atoms with Crippen molar-refractivity contribution >= 4 is 61.9 Å². The fraction of sp³-hybridized carbons (Fsp3) is 0.333. The highest BCUT2D eigenvalue weighted by Crippen LogP contribution is 2.30. The van der Waals surface area contributed by atoms with Gasteiger partial charge in [0.1, 0.15) is 0 Å². The third kappa shape index (κ3) is 6.26. The minimum absolute atomic E-state index is 0.00775. The first-order valence-corrected chi connectivity index (χ1v) is 13.4. The highest BCUT2D eigenvalue weighted by atomic mass is 35.5. The van der Waals surface area contributed by atoms with Gasteiger partial charge in [0.25, 0.3) is 0 Å². The number of halogens is 1. The summed E-state index contributed by atoms with van der Waals surface area (Å²) in [4.78, 5) is 19.3. The zero-order valence-corrected chi connectivity index (χ0v) is 20.7. The van der Waals surface area contributed by atoms with E-state index in [4.69, 9.17) is 11.6 Å². The molecule has 2 aromatic rings. The maximum Gasteiger partial charge on any atom is 0.242 e. The molecule has 0 aliphatic carbocycles. The molecule has 6 nitrogen and oxygen atoms in total. The van der Waals surface area contributed by atoms with Crippen LogP contribution in [0.25, 0.3) is 0 Å². The molecule has 0 radical (unpaired) electrons. The van der Waals surface area contributed by atoms with E-state index in [9.17, 15) is 13.2 Å². The van der Waals surface area contributed by atoms with Crippen molar-refractivity contribution in [2.24, 2.45) is 4.99 Å². The van der Waals surface area contributed by atoms with Crippen LogP contribution in [0.3, 0.4) is 0 Å². The molecule has 1 aliphatic heterocycles. The van der Waals surface area contributed by atoms with Crippen LogP contribution in [-0.4, -0.2) is 60.3 Å². The smallest absolute Gasteiger partial charge is 0.242 e. The van der Waals surface area contributed by atoms with Gasteiger partial charge in [0, 0.05) is 36.7 Å². The number of carbonyl (C=O) groups excluding carboxylic acids is 1. The normalized spacial score (nSPS) is 18.2. The summed E-state index contributed by atoms with van der Waals surface area (Å²) in [6.45, 7) is 2.63. The molecule has 1 atom stereocenters. The minimum atomic E-state index is -3.55. The van der Waals surface area contributed by atoms with Crippen molar-refractivity contribution in [2.45, 2.75) is 22.8 Å². The lowest BCUT2D eigenvalue weighted by Gasteiger charge is -2.16. The quantitative estimate of drug-likeness (QED) is 0.564. The van der Waals surface area contributed by atoms with E-state index in [1.165, 1.54) is 36.2 Å². The van der Waals surface area contributed by atoms with Crippen LogP contribution >= 0.6 is 35.1 Å². The van der Waals surface area contributed by atoms with Crippen LogP contribution in [0.5, 0.6) is 0 Å². The van der Waals surface area contributed by atoms with Gasteiger partial charge in [0.15, 0.2) is 5.17 Å². The second-order valence-corrected chi connectivity index (χ2v) is 12.2. The first-order valence-electron chi connectivity index (χ1n) is 9.57. The summed E-state index contributed by atoms with van der Waals surface area (Å²) in [5, 5.41) is 1.51. The Balaban J connectivity index is 1.71. The number of amidine groups is 1. The van der Waals surface area contributed by atoms with Gasteiger partial charge in [-0.15, -0.1) is 11.8 Å². The standard InChI is InChI=1S/C21H24ClN3O3S3/c1-15-12-25(20(26)14-29-13-16-7-9-17(22)10-8-16)21(30-15)23-18-5-4-6-19(11-18)31(27,28)24(2)3/h4-11,15H,12-14H2,1-3H3. The maximum atomic E-state index is 12.8. The third-order valence-corrected chi connectivity index (χ3v) is 8.63. The van der Waals surface area contributed by atoms with Gasteiger partial charge in [-0.2, -0.15) is 0 Å². The molecule has 2 aromatic carbocycles. The molecule has 166 valence electrons. The molecule has 0 bridgehead atoms. The highest BCUT2D eigenvalue weighted by Gasteiger charge is 2.30. The predicted molar refractivity (Wildman–Crippen MR) is 131 cm³/mol. The Labute approximate surface area is 197 Å². The van der Waals surface area contributed by atoms with Gasteiger partial charge >= 0.3 is 0 Å². The number of hydrogen-bond donors (Lipinski definition) is 0. The van der Waals surface area contributed by atoms with Gasteiger partial charge in [-0.1, -0.05) is 48.5 Å². The Hall–Kier alpha value is -1.52. The van der Waals surface area contributed by atoms with Gasteiger partial charge in [-0.05, 0) is 35.9 Å². The molecule has 10 heteroatoms. The topological polar surface area (TPSA) is 70.0 Å². The SMILES string of the molecule is CC1CN(C(=O)CSCc2ccc(Cl)cc2)C(=Nc2cccc(S(=O)(=O)N(C)C)c2)S1. The molecular formula is C21H24ClN3O3S3. The van der Waals surface area contributed by atoms with Crippen molar-refractivity contribution in [1.82, 2.24) is 9.21 Å². The molecular weight excluding hydrogens is 474 g/mol. The van der Waals surface area contributed by atoms with Crippen molar-refractivity contribution in [1.29, 1.82) is 0 Å². The fourth-order valence-electron chi connectivity index (χ4n) is 2.86. The number of sulfonamides is 1. The fourth-order valence-corrected chi connectivity index (χ4v) is 5.83. The van der Waals surface area contributed by atoms with Crippen LogP contribution in [0.4, 0.5) is 5.69 Å². The van der Waals surface area contributed by atoms with Crippen molar-refractivity contribution in [3.8, 4) is 0 Å². The van der Waals surface area contributed by atoms with Crippen LogP contribution in [0, 0.1) is 0 Å². The number of thioether (sulfide) groups is 2. The predicted octanol–water partition coefficient (Wildman–Crippen LogP) is 4.48. The zero-order valence-electron chi connectivity index (χ0n) is 17.5. The Morgan fingerprint density at radius 3 is 2.65 bits per heavy atom. The van der Waals surface area contributed by atoms with E-state index in [1.807, 2.05) is 31.2 Å². The molecule has 0 aromatic heterocycles. The van der Waals surface area contributed by atoms with Crippen LogP contribution < -0.4 is 0 Å².